The zero-order valence-corrected chi connectivity index (χ0v) is 25.9. The van der Waals surface area contributed by atoms with Crippen LogP contribution in [0.4, 0.5) is 20.7 Å². The Bertz CT molecular complexity index is 1620. The van der Waals surface area contributed by atoms with Crippen molar-refractivity contribution in [2.45, 2.75) is 31.5 Å². The Morgan fingerprint density at radius 1 is 0.911 bits per heavy atom. The molecule has 2 bridgehead atoms. The number of ether oxygens (including phenoxy) is 3. The monoisotopic (exact) mass is 649 g/mol. The lowest BCUT2D eigenvalue weighted by atomic mass is 10.2. The van der Waals surface area contributed by atoms with Gasteiger partial charge in [0.2, 0.25) is 27.9 Å². The van der Waals surface area contributed by atoms with Crippen LogP contribution in [0.5, 0.6) is 5.75 Å². The first-order valence-corrected chi connectivity index (χ1v) is 16.9. The fourth-order valence-electron chi connectivity index (χ4n) is 6.52. The van der Waals surface area contributed by atoms with Crippen molar-refractivity contribution in [1.82, 2.24) is 33.7 Å². The molecular weight excluding hydrogens is 612 g/mol. The number of benzene rings is 1. The molecule has 2 unspecified atom stereocenters. The number of likely N-dealkylation sites (tertiary alicyclic amines) is 1. The largest absolute Gasteiger partial charge is 0.494 e. The number of para-hydroxylation sites is 1. The summed E-state index contributed by atoms with van der Waals surface area (Å²) in [6.45, 7) is 5.25. The van der Waals surface area contributed by atoms with E-state index in [1.54, 1.807) is 18.2 Å². The Morgan fingerprint density at radius 2 is 1.56 bits per heavy atom. The van der Waals surface area contributed by atoms with Crippen LogP contribution in [0.3, 0.4) is 0 Å². The molecule has 0 radical (unpaired) electrons. The SMILES string of the molecule is COc1cccc2c1nc(C(F)F)n2-c1nc(N2CCOCC2)nc(N2CCN(S(=O)(=O)CCN3CC4CCC(C3)O4)CC2)n1. The molecule has 0 N–H and O–H groups in total. The van der Waals surface area contributed by atoms with Gasteiger partial charge < -0.3 is 24.0 Å². The van der Waals surface area contributed by atoms with Gasteiger partial charge in [0.25, 0.3) is 6.43 Å². The van der Waals surface area contributed by atoms with Crippen molar-refractivity contribution < 1.29 is 31.4 Å². The molecule has 14 nitrogen and oxygen atoms in total. The van der Waals surface area contributed by atoms with Gasteiger partial charge in [0, 0.05) is 58.9 Å². The second kappa shape index (κ2) is 12.5. The molecule has 17 heteroatoms. The van der Waals surface area contributed by atoms with Gasteiger partial charge in [-0.2, -0.15) is 19.3 Å². The third-order valence-electron chi connectivity index (χ3n) is 8.88. The van der Waals surface area contributed by atoms with Crippen molar-refractivity contribution in [1.29, 1.82) is 0 Å². The van der Waals surface area contributed by atoms with Crippen LogP contribution in [0, 0.1) is 0 Å². The minimum atomic E-state index is -3.48. The summed E-state index contributed by atoms with van der Waals surface area (Å²) >= 11 is 0. The maximum atomic E-state index is 14.4. The number of aromatic nitrogens is 5. The molecule has 2 atom stereocenters. The Hall–Kier alpha value is -3.25. The average molecular weight is 650 g/mol. The van der Waals surface area contributed by atoms with Crippen LogP contribution in [-0.4, -0.2) is 139 Å². The molecule has 0 amide bonds. The molecule has 4 aliphatic heterocycles. The molecule has 244 valence electrons. The number of hydrogen-bond donors (Lipinski definition) is 0. The van der Waals surface area contributed by atoms with Crippen LogP contribution in [-0.2, 0) is 19.5 Å². The van der Waals surface area contributed by atoms with E-state index < -0.39 is 22.3 Å². The fraction of sp³-hybridized carbons (Fsp3) is 0.643. The number of anilines is 2. The molecule has 0 aliphatic carbocycles. The van der Waals surface area contributed by atoms with Crippen molar-refractivity contribution >= 4 is 33.0 Å². The number of imidazole rings is 1. The molecule has 1 aromatic carbocycles. The van der Waals surface area contributed by atoms with Gasteiger partial charge in [0.1, 0.15) is 11.3 Å². The minimum Gasteiger partial charge on any atom is -0.494 e. The third-order valence-corrected chi connectivity index (χ3v) is 10.7. The van der Waals surface area contributed by atoms with E-state index in [-0.39, 0.29) is 48.5 Å². The molecule has 4 fully saturated rings. The van der Waals surface area contributed by atoms with Crippen LogP contribution in [0.1, 0.15) is 25.1 Å². The summed E-state index contributed by atoms with van der Waals surface area (Å²) in [4.78, 5) is 24.2. The van der Waals surface area contributed by atoms with Crippen molar-refractivity contribution in [2.75, 3.05) is 94.8 Å². The minimum absolute atomic E-state index is 0.00192. The standard InChI is InChI=1S/C28H37F2N9O5S/c1-42-22-4-2-3-21-23(22)31-25(24(29)30)39(21)28-33-26(32-27(34-28)37-11-14-43-15-12-37)36-7-9-38(10-8-36)45(40,41)16-13-35-17-19-5-6-20(18-35)44-19/h2-4,19-20,24H,5-18H2,1H3. The molecule has 7 rings (SSSR count). The average Bonchev–Trinajstić information content (AvgIpc) is 3.63. The van der Waals surface area contributed by atoms with Gasteiger partial charge in [0.05, 0.1) is 43.8 Å². The van der Waals surface area contributed by atoms with E-state index in [0.717, 1.165) is 25.9 Å². The number of rotatable bonds is 9. The summed E-state index contributed by atoms with van der Waals surface area (Å²) in [6.07, 6.45) is -0.410. The summed E-state index contributed by atoms with van der Waals surface area (Å²) < 4.78 is 74.9. The van der Waals surface area contributed by atoms with Gasteiger partial charge in [0.15, 0.2) is 5.82 Å². The first kappa shape index (κ1) is 30.4. The Balaban J connectivity index is 1.14. The van der Waals surface area contributed by atoms with E-state index in [1.165, 1.54) is 16.0 Å². The highest BCUT2D eigenvalue weighted by atomic mass is 32.2. The quantitative estimate of drug-likeness (QED) is 0.331. The Morgan fingerprint density at radius 3 is 2.20 bits per heavy atom. The van der Waals surface area contributed by atoms with Crippen LogP contribution in [0.2, 0.25) is 0 Å². The van der Waals surface area contributed by atoms with Gasteiger partial charge >= 0.3 is 0 Å². The number of morpholine rings is 2. The van der Waals surface area contributed by atoms with E-state index in [2.05, 4.69) is 19.9 Å². The summed E-state index contributed by atoms with van der Waals surface area (Å²) in [6, 6.07) is 5.02. The van der Waals surface area contributed by atoms with Crippen molar-refractivity contribution in [2.24, 2.45) is 0 Å². The lowest BCUT2D eigenvalue weighted by Gasteiger charge is -2.36. The highest BCUT2D eigenvalue weighted by Crippen LogP contribution is 2.33. The molecule has 4 aliphatic rings. The number of fused-ring (bicyclic) bond motifs is 3. The molecule has 6 heterocycles. The van der Waals surface area contributed by atoms with Gasteiger partial charge in [-0.25, -0.2) is 22.2 Å². The summed E-state index contributed by atoms with van der Waals surface area (Å²) in [7, 11) is -2.02. The lowest BCUT2D eigenvalue weighted by Crippen LogP contribution is -2.51. The van der Waals surface area contributed by atoms with Crippen molar-refractivity contribution in [3.63, 3.8) is 0 Å². The van der Waals surface area contributed by atoms with Gasteiger partial charge in [-0.15, -0.1) is 0 Å². The number of sulfonamides is 1. The molecule has 0 spiro atoms. The topological polar surface area (TPSA) is 131 Å². The molecule has 3 aromatic rings. The van der Waals surface area contributed by atoms with E-state index in [9.17, 15) is 17.2 Å². The smallest absolute Gasteiger partial charge is 0.296 e. The zero-order chi connectivity index (χ0) is 31.1. The molecule has 0 saturated carbocycles. The number of halogens is 2. The highest BCUT2D eigenvalue weighted by molar-refractivity contribution is 7.89. The normalized spacial score (nSPS) is 23.4. The predicted molar refractivity (Wildman–Crippen MR) is 161 cm³/mol. The fourth-order valence-corrected chi connectivity index (χ4v) is 7.99. The van der Waals surface area contributed by atoms with Gasteiger partial charge in [-0.05, 0) is 25.0 Å². The van der Waals surface area contributed by atoms with Crippen LogP contribution < -0.4 is 14.5 Å². The van der Waals surface area contributed by atoms with E-state index in [0.29, 0.717) is 63.2 Å². The van der Waals surface area contributed by atoms with Crippen LogP contribution in [0.15, 0.2) is 18.2 Å². The molecule has 2 aromatic heterocycles. The lowest BCUT2D eigenvalue weighted by molar-refractivity contribution is -0.0362. The summed E-state index contributed by atoms with van der Waals surface area (Å²) in [5.74, 6) is 0.516. The number of alkyl halides is 2. The van der Waals surface area contributed by atoms with E-state index >= 15 is 0 Å². The van der Waals surface area contributed by atoms with E-state index in [4.69, 9.17) is 19.2 Å². The summed E-state index contributed by atoms with van der Waals surface area (Å²) in [5, 5.41) is 0. The first-order chi connectivity index (χ1) is 21.8. The predicted octanol–water partition coefficient (Wildman–Crippen LogP) is 1.31. The first-order valence-electron chi connectivity index (χ1n) is 15.3. The maximum Gasteiger partial charge on any atom is 0.296 e. The zero-order valence-electron chi connectivity index (χ0n) is 25.1. The second-order valence-electron chi connectivity index (χ2n) is 11.7. The second-order valence-corrected chi connectivity index (χ2v) is 13.8. The maximum absolute atomic E-state index is 14.4. The van der Waals surface area contributed by atoms with Crippen molar-refractivity contribution in [3.05, 3.63) is 24.0 Å². The van der Waals surface area contributed by atoms with E-state index in [1.807, 2.05) is 9.80 Å². The van der Waals surface area contributed by atoms with Gasteiger partial charge in [-0.3, -0.25) is 9.47 Å². The molecule has 4 saturated heterocycles. The summed E-state index contributed by atoms with van der Waals surface area (Å²) in [5.41, 5.74) is 0.646. The van der Waals surface area contributed by atoms with Crippen LogP contribution in [0.25, 0.3) is 17.0 Å². The van der Waals surface area contributed by atoms with Crippen molar-refractivity contribution in [3.8, 4) is 11.7 Å². The molecular formula is C28H37F2N9O5S. The number of piperazine rings is 1. The Kier molecular flexibility index (Phi) is 8.45. The number of hydrogen-bond acceptors (Lipinski definition) is 12. The number of methoxy groups -OCH3 is 1. The third kappa shape index (κ3) is 6.15. The molecule has 45 heavy (non-hydrogen) atoms. The number of nitrogens with zero attached hydrogens (tertiary/aromatic N) is 9. The highest BCUT2D eigenvalue weighted by Gasteiger charge is 2.35. The van der Waals surface area contributed by atoms with Gasteiger partial charge in [-0.1, -0.05) is 6.07 Å². The van der Waals surface area contributed by atoms with Crippen LogP contribution >= 0.6 is 0 Å². The Labute approximate surface area is 259 Å².